The van der Waals surface area contributed by atoms with Crippen molar-refractivity contribution in [3.05, 3.63) is 65.2 Å². The second kappa shape index (κ2) is 8.05. The summed E-state index contributed by atoms with van der Waals surface area (Å²) in [6, 6.07) is 18.6. The van der Waals surface area contributed by atoms with Crippen LogP contribution in [-0.2, 0) is 4.79 Å². The third-order valence-corrected chi connectivity index (χ3v) is 6.88. The molecule has 1 unspecified atom stereocenters. The van der Waals surface area contributed by atoms with Crippen molar-refractivity contribution in [3.63, 3.8) is 0 Å². The van der Waals surface area contributed by atoms with Crippen LogP contribution in [0, 0.1) is 0 Å². The summed E-state index contributed by atoms with van der Waals surface area (Å²) in [5.74, 6) is 0.0870. The van der Waals surface area contributed by atoms with E-state index in [-0.39, 0.29) is 11.9 Å². The minimum Gasteiger partial charge on any atom is -0.285 e. The topological polar surface area (TPSA) is 48.8 Å². The number of nitrogens with zero attached hydrogens (tertiary/aromatic N) is 4. The van der Waals surface area contributed by atoms with Crippen LogP contribution in [-0.4, -0.2) is 46.1 Å². The fourth-order valence-corrected chi connectivity index (χ4v) is 5.36. The van der Waals surface area contributed by atoms with Crippen molar-refractivity contribution in [2.45, 2.75) is 31.7 Å². The van der Waals surface area contributed by atoms with E-state index in [2.05, 4.69) is 40.3 Å². The van der Waals surface area contributed by atoms with Crippen LogP contribution in [0.2, 0.25) is 0 Å². The maximum atomic E-state index is 13.0. The number of fused-ring (bicyclic) bond motifs is 1. The summed E-state index contributed by atoms with van der Waals surface area (Å²) < 4.78 is 1.22. The lowest BCUT2D eigenvalue weighted by atomic mass is 10.0. The average molecular weight is 405 g/mol. The molecule has 1 amide bonds. The highest BCUT2D eigenvalue weighted by atomic mass is 32.1. The maximum absolute atomic E-state index is 13.0. The molecule has 1 aromatic heterocycles. The Bertz CT molecular complexity index is 1010. The van der Waals surface area contributed by atoms with Crippen molar-refractivity contribution < 1.29 is 4.79 Å². The van der Waals surface area contributed by atoms with Crippen molar-refractivity contribution in [1.82, 2.24) is 14.9 Å². The summed E-state index contributed by atoms with van der Waals surface area (Å²) in [6.45, 7) is 2.02. The lowest BCUT2D eigenvalue weighted by molar-refractivity contribution is -0.133. The molecule has 5 rings (SSSR count). The fourth-order valence-electron chi connectivity index (χ4n) is 4.22. The van der Waals surface area contributed by atoms with Crippen LogP contribution in [0.1, 0.15) is 42.3 Å². The quantitative estimate of drug-likeness (QED) is 0.645. The van der Waals surface area contributed by atoms with Gasteiger partial charge in [0.1, 0.15) is 5.01 Å². The van der Waals surface area contributed by atoms with Gasteiger partial charge in [-0.3, -0.25) is 9.69 Å². The van der Waals surface area contributed by atoms with E-state index < -0.39 is 0 Å². The lowest BCUT2D eigenvalue weighted by Crippen LogP contribution is -2.41. The number of carbonyl (C=O) groups excluding carboxylic acids is 1. The molecule has 0 saturated carbocycles. The van der Waals surface area contributed by atoms with Crippen molar-refractivity contribution in [2.75, 3.05) is 19.6 Å². The number of para-hydroxylation sites is 1. The number of hydrogen-bond acceptors (Lipinski definition) is 5. The molecule has 0 aliphatic carbocycles. The lowest BCUT2D eigenvalue weighted by Gasteiger charge is -2.34. The molecular formula is C23H24N4OS. The minimum atomic E-state index is 0.0870. The van der Waals surface area contributed by atoms with Gasteiger partial charge in [-0.15, -0.1) is 11.3 Å². The fraction of sp³-hybridized carbons (Fsp3) is 0.348. The highest BCUT2D eigenvalue weighted by molar-refractivity contribution is 7.18. The Morgan fingerprint density at radius 3 is 2.72 bits per heavy atom. The number of piperidine rings is 1. The first-order chi connectivity index (χ1) is 14.3. The van der Waals surface area contributed by atoms with Gasteiger partial charge in [-0.25, -0.2) is 9.99 Å². The molecule has 1 saturated heterocycles. The van der Waals surface area contributed by atoms with Crippen molar-refractivity contribution in [2.24, 2.45) is 5.10 Å². The standard InChI is InChI=1S/C23H24N4OS/c28-22(27-15-13-18(25-27)17-8-2-1-3-9-17)16-26-14-7-6-11-20(26)23-24-19-10-4-5-12-21(19)29-23/h1-5,8-10,12,20H,6-7,11,13-16H2. The monoisotopic (exact) mass is 404 g/mol. The summed E-state index contributed by atoms with van der Waals surface area (Å²) >= 11 is 1.76. The van der Waals surface area contributed by atoms with Crippen LogP contribution < -0.4 is 0 Å². The Hall–Kier alpha value is -2.57. The molecule has 3 aromatic rings. The zero-order valence-corrected chi connectivity index (χ0v) is 17.1. The SMILES string of the molecule is O=C(CN1CCCCC1c1nc2ccccc2s1)N1CCC(c2ccccc2)=N1. The Morgan fingerprint density at radius 2 is 1.86 bits per heavy atom. The molecular weight excluding hydrogens is 380 g/mol. The second-order valence-electron chi connectivity index (χ2n) is 7.68. The number of thiazole rings is 1. The first-order valence-electron chi connectivity index (χ1n) is 10.3. The number of aromatic nitrogens is 1. The summed E-state index contributed by atoms with van der Waals surface area (Å²) in [6.07, 6.45) is 4.20. The number of amides is 1. The van der Waals surface area contributed by atoms with Crippen molar-refractivity contribution >= 4 is 33.2 Å². The van der Waals surface area contributed by atoms with E-state index in [0.717, 1.165) is 47.6 Å². The summed E-state index contributed by atoms with van der Waals surface area (Å²) in [4.78, 5) is 20.2. The average Bonchev–Trinajstić information content (AvgIpc) is 3.42. The summed E-state index contributed by atoms with van der Waals surface area (Å²) in [5.41, 5.74) is 3.16. The number of benzene rings is 2. The highest BCUT2D eigenvalue weighted by Gasteiger charge is 2.30. The third-order valence-electron chi connectivity index (χ3n) is 5.74. The normalized spacial score (nSPS) is 20.2. The number of rotatable bonds is 4. The van der Waals surface area contributed by atoms with Crippen molar-refractivity contribution in [1.29, 1.82) is 0 Å². The highest BCUT2D eigenvalue weighted by Crippen LogP contribution is 2.35. The van der Waals surface area contributed by atoms with E-state index in [1.807, 2.05) is 24.3 Å². The van der Waals surface area contributed by atoms with E-state index >= 15 is 0 Å². The van der Waals surface area contributed by atoms with Gasteiger partial charge in [0.25, 0.3) is 5.91 Å². The number of hydrazone groups is 1. The first kappa shape index (κ1) is 18.5. The van der Waals surface area contributed by atoms with Gasteiger partial charge >= 0.3 is 0 Å². The smallest absolute Gasteiger partial charge is 0.256 e. The number of likely N-dealkylation sites (tertiary alicyclic amines) is 1. The Morgan fingerprint density at radius 1 is 1.03 bits per heavy atom. The predicted molar refractivity (Wildman–Crippen MR) is 117 cm³/mol. The molecule has 29 heavy (non-hydrogen) atoms. The molecule has 1 fully saturated rings. The largest absolute Gasteiger partial charge is 0.285 e. The Labute approximate surface area is 174 Å². The molecule has 2 aliphatic heterocycles. The molecule has 2 aliphatic rings. The molecule has 6 heteroatoms. The van der Waals surface area contributed by atoms with Crippen LogP contribution in [0.5, 0.6) is 0 Å². The molecule has 148 valence electrons. The Kier molecular flexibility index (Phi) is 5.12. The van der Waals surface area contributed by atoms with Gasteiger partial charge in [0, 0.05) is 6.42 Å². The molecule has 3 heterocycles. The van der Waals surface area contributed by atoms with Gasteiger partial charge < -0.3 is 0 Å². The van der Waals surface area contributed by atoms with E-state index in [0.29, 0.717) is 13.1 Å². The van der Waals surface area contributed by atoms with Crippen molar-refractivity contribution in [3.8, 4) is 0 Å². The molecule has 0 N–H and O–H groups in total. The zero-order valence-electron chi connectivity index (χ0n) is 16.3. The first-order valence-corrected chi connectivity index (χ1v) is 11.1. The van der Waals surface area contributed by atoms with Gasteiger partial charge in [-0.1, -0.05) is 48.9 Å². The van der Waals surface area contributed by atoms with E-state index in [1.54, 1.807) is 16.3 Å². The Balaban J connectivity index is 1.32. The minimum absolute atomic E-state index is 0.0870. The van der Waals surface area contributed by atoms with Gasteiger partial charge in [0.2, 0.25) is 0 Å². The third kappa shape index (κ3) is 3.82. The van der Waals surface area contributed by atoms with Crippen LogP contribution in [0.4, 0.5) is 0 Å². The molecule has 0 spiro atoms. The van der Waals surface area contributed by atoms with E-state index in [1.165, 1.54) is 11.1 Å². The van der Waals surface area contributed by atoms with Crippen LogP contribution in [0.3, 0.4) is 0 Å². The number of hydrogen-bond donors (Lipinski definition) is 0. The zero-order chi connectivity index (χ0) is 19.6. The number of carbonyl (C=O) groups is 1. The van der Waals surface area contributed by atoms with Crippen LogP contribution >= 0.6 is 11.3 Å². The van der Waals surface area contributed by atoms with Crippen LogP contribution in [0.25, 0.3) is 10.2 Å². The van der Waals surface area contributed by atoms with Gasteiger partial charge in [-0.2, -0.15) is 5.10 Å². The molecule has 0 bridgehead atoms. The predicted octanol–water partition coefficient (Wildman–Crippen LogP) is 4.46. The van der Waals surface area contributed by atoms with E-state index in [4.69, 9.17) is 4.98 Å². The maximum Gasteiger partial charge on any atom is 0.256 e. The van der Waals surface area contributed by atoms with Gasteiger partial charge in [0.15, 0.2) is 0 Å². The second-order valence-corrected chi connectivity index (χ2v) is 8.74. The molecule has 0 radical (unpaired) electrons. The van der Waals surface area contributed by atoms with Gasteiger partial charge in [0.05, 0.1) is 35.1 Å². The van der Waals surface area contributed by atoms with Crippen LogP contribution in [0.15, 0.2) is 59.7 Å². The molecule has 1 atom stereocenters. The molecule has 5 nitrogen and oxygen atoms in total. The summed E-state index contributed by atoms with van der Waals surface area (Å²) in [5, 5.41) is 7.41. The summed E-state index contributed by atoms with van der Waals surface area (Å²) in [7, 11) is 0. The van der Waals surface area contributed by atoms with Gasteiger partial charge in [-0.05, 0) is 37.1 Å². The molecule has 2 aromatic carbocycles. The van der Waals surface area contributed by atoms with E-state index in [9.17, 15) is 4.79 Å².